The van der Waals surface area contributed by atoms with Crippen molar-refractivity contribution in [3.8, 4) is 0 Å². The SMILES string of the molecule is CC(C)(C)OC(=O)N1C2C=C(c3ccc(F)cn3)CC1COC2. The lowest BCUT2D eigenvalue weighted by Crippen LogP contribution is -2.57. The van der Waals surface area contributed by atoms with Gasteiger partial charge in [0.2, 0.25) is 0 Å². The van der Waals surface area contributed by atoms with Crippen LogP contribution in [0.3, 0.4) is 0 Å². The summed E-state index contributed by atoms with van der Waals surface area (Å²) in [5.74, 6) is -0.357. The molecule has 0 radical (unpaired) electrons. The average Bonchev–Trinajstić information content (AvgIpc) is 2.44. The number of amides is 1. The molecule has 23 heavy (non-hydrogen) atoms. The van der Waals surface area contributed by atoms with Gasteiger partial charge in [0.25, 0.3) is 0 Å². The first kappa shape index (κ1) is 15.9. The van der Waals surface area contributed by atoms with Gasteiger partial charge < -0.3 is 9.47 Å². The third-order valence-corrected chi connectivity index (χ3v) is 3.86. The molecule has 1 amide bonds. The summed E-state index contributed by atoms with van der Waals surface area (Å²) in [5, 5.41) is 0. The smallest absolute Gasteiger partial charge is 0.411 e. The Morgan fingerprint density at radius 1 is 1.39 bits per heavy atom. The third kappa shape index (κ3) is 3.52. The lowest BCUT2D eigenvalue weighted by atomic mass is 9.92. The Bertz CT molecular complexity index is 622. The Balaban J connectivity index is 1.84. The molecule has 1 fully saturated rings. The van der Waals surface area contributed by atoms with E-state index in [4.69, 9.17) is 9.47 Å². The molecule has 2 aliphatic heterocycles. The molecule has 2 unspecified atom stereocenters. The van der Waals surface area contributed by atoms with Crippen LogP contribution in [0.15, 0.2) is 24.4 Å². The Labute approximate surface area is 135 Å². The molecule has 2 bridgehead atoms. The molecular formula is C17H21FN2O3. The summed E-state index contributed by atoms with van der Waals surface area (Å²) in [6.45, 7) is 6.45. The number of hydrogen-bond donors (Lipinski definition) is 0. The standard InChI is InChI=1S/C17H21FN2O3/c1-17(2,3)23-16(21)20-13-6-11(7-14(20)10-22-9-13)15-5-4-12(18)8-19-15/h4-6,8,13-14H,7,9-10H2,1-3H3. The Hall–Kier alpha value is -1.95. The third-order valence-electron chi connectivity index (χ3n) is 3.86. The molecule has 2 aliphatic rings. The van der Waals surface area contributed by atoms with Crippen LogP contribution in [0.1, 0.15) is 32.9 Å². The normalized spacial score (nSPS) is 24.2. The lowest BCUT2D eigenvalue weighted by molar-refractivity contribution is -0.0511. The predicted molar refractivity (Wildman–Crippen MR) is 83.3 cm³/mol. The van der Waals surface area contributed by atoms with Gasteiger partial charge in [-0.15, -0.1) is 0 Å². The minimum absolute atomic E-state index is 0.0875. The van der Waals surface area contributed by atoms with E-state index in [-0.39, 0.29) is 24.0 Å². The summed E-state index contributed by atoms with van der Waals surface area (Å²) < 4.78 is 24.1. The van der Waals surface area contributed by atoms with E-state index in [1.165, 1.54) is 12.3 Å². The second kappa shape index (κ2) is 5.92. The summed E-state index contributed by atoms with van der Waals surface area (Å²) in [5.41, 5.74) is 1.23. The number of carbonyl (C=O) groups is 1. The molecule has 0 aromatic carbocycles. The van der Waals surface area contributed by atoms with Gasteiger partial charge in [0.15, 0.2) is 0 Å². The highest BCUT2D eigenvalue weighted by Crippen LogP contribution is 2.32. The van der Waals surface area contributed by atoms with Gasteiger partial charge in [-0.1, -0.05) is 6.08 Å². The van der Waals surface area contributed by atoms with Crippen LogP contribution in [0, 0.1) is 5.82 Å². The number of ether oxygens (including phenoxy) is 2. The number of halogens is 1. The van der Waals surface area contributed by atoms with Crippen LogP contribution in [0.25, 0.3) is 5.57 Å². The Morgan fingerprint density at radius 3 is 2.78 bits per heavy atom. The summed E-state index contributed by atoms with van der Waals surface area (Å²) >= 11 is 0. The number of nitrogens with zero attached hydrogens (tertiary/aromatic N) is 2. The minimum atomic E-state index is -0.533. The highest BCUT2D eigenvalue weighted by Gasteiger charge is 2.40. The van der Waals surface area contributed by atoms with Crippen LogP contribution in [-0.4, -0.2) is 46.9 Å². The van der Waals surface area contributed by atoms with Gasteiger partial charge in [-0.2, -0.15) is 0 Å². The maximum absolute atomic E-state index is 13.0. The minimum Gasteiger partial charge on any atom is -0.444 e. The summed E-state index contributed by atoms with van der Waals surface area (Å²) in [6, 6.07) is 2.80. The first-order valence-corrected chi connectivity index (χ1v) is 7.75. The number of hydrogen-bond acceptors (Lipinski definition) is 4. The molecule has 5 nitrogen and oxygen atoms in total. The molecule has 0 spiro atoms. The van der Waals surface area contributed by atoms with E-state index in [9.17, 15) is 9.18 Å². The van der Waals surface area contributed by atoms with Crippen molar-refractivity contribution in [3.05, 3.63) is 35.9 Å². The molecule has 0 aliphatic carbocycles. The van der Waals surface area contributed by atoms with E-state index in [1.807, 2.05) is 26.8 Å². The second-order valence-corrected chi connectivity index (χ2v) is 6.90. The first-order valence-electron chi connectivity index (χ1n) is 7.75. The van der Waals surface area contributed by atoms with Crippen LogP contribution in [0.5, 0.6) is 0 Å². The maximum Gasteiger partial charge on any atom is 0.411 e. The molecule has 1 aromatic heterocycles. The van der Waals surface area contributed by atoms with Gasteiger partial charge >= 0.3 is 6.09 Å². The fourth-order valence-electron chi connectivity index (χ4n) is 2.95. The molecule has 3 heterocycles. The topological polar surface area (TPSA) is 51.7 Å². The highest BCUT2D eigenvalue weighted by atomic mass is 19.1. The molecule has 0 N–H and O–H groups in total. The first-order chi connectivity index (χ1) is 10.8. The number of carbonyl (C=O) groups excluding carboxylic acids is 1. The molecular weight excluding hydrogens is 299 g/mol. The number of rotatable bonds is 1. The van der Waals surface area contributed by atoms with Gasteiger partial charge in [-0.25, -0.2) is 9.18 Å². The molecule has 0 saturated carbocycles. The van der Waals surface area contributed by atoms with E-state index in [0.29, 0.717) is 19.6 Å². The second-order valence-electron chi connectivity index (χ2n) is 6.90. The van der Waals surface area contributed by atoms with Crippen LogP contribution < -0.4 is 0 Å². The Morgan fingerprint density at radius 2 is 2.17 bits per heavy atom. The number of morpholine rings is 1. The van der Waals surface area contributed by atoms with Crippen molar-refractivity contribution in [2.45, 2.75) is 44.9 Å². The van der Waals surface area contributed by atoms with E-state index in [0.717, 1.165) is 11.3 Å². The maximum atomic E-state index is 13.0. The van der Waals surface area contributed by atoms with Crippen molar-refractivity contribution >= 4 is 11.7 Å². The van der Waals surface area contributed by atoms with E-state index >= 15 is 0 Å². The quantitative estimate of drug-likeness (QED) is 0.798. The monoisotopic (exact) mass is 320 g/mol. The Kier molecular flexibility index (Phi) is 4.10. The van der Waals surface area contributed by atoms with Crippen LogP contribution in [0.4, 0.5) is 9.18 Å². The highest BCUT2D eigenvalue weighted by molar-refractivity contribution is 5.74. The van der Waals surface area contributed by atoms with Gasteiger partial charge in [0.1, 0.15) is 11.4 Å². The van der Waals surface area contributed by atoms with E-state index in [1.54, 1.807) is 11.0 Å². The molecule has 3 rings (SSSR count). The number of aromatic nitrogens is 1. The van der Waals surface area contributed by atoms with Crippen molar-refractivity contribution in [1.29, 1.82) is 0 Å². The molecule has 6 heteroatoms. The van der Waals surface area contributed by atoms with Crippen molar-refractivity contribution in [1.82, 2.24) is 9.88 Å². The molecule has 1 aromatic rings. The van der Waals surface area contributed by atoms with E-state index in [2.05, 4.69) is 4.98 Å². The van der Waals surface area contributed by atoms with Crippen molar-refractivity contribution < 1.29 is 18.7 Å². The zero-order chi connectivity index (χ0) is 16.6. The fraction of sp³-hybridized carbons (Fsp3) is 0.529. The molecule has 2 atom stereocenters. The molecule has 1 saturated heterocycles. The zero-order valence-corrected chi connectivity index (χ0v) is 13.6. The number of fused-ring (bicyclic) bond motifs is 2. The van der Waals surface area contributed by atoms with Crippen LogP contribution in [-0.2, 0) is 9.47 Å². The van der Waals surface area contributed by atoms with Crippen molar-refractivity contribution in [2.75, 3.05) is 13.2 Å². The lowest BCUT2D eigenvalue weighted by Gasteiger charge is -2.44. The van der Waals surface area contributed by atoms with Crippen molar-refractivity contribution in [2.24, 2.45) is 0 Å². The van der Waals surface area contributed by atoms with Gasteiger partial charge in [0.05, 0.1) is 37.2 Å². The summed E-state index contributed by atoms with van der Waals surface area (Å²) in [4.78, 5) is 18.4. The average molecular weight is 320 g/mol. The fourth-order valence-corrected chi connectivity index (χ4v) is 2.95. The summed E-state index contributed by atoms with van der Waals surface area (Å²) in [7, 11) is 0. The zero-order valence-electron chi connectivity index (χ0n) is 13.6. The van der Waals surface area contributed by atoms with Crippen molar-refractivity contribution in [3.63, 3.8) is 0 Å². The van der Waals surface area contributed by atoms with Gasteiger partial charge in [0, 0.05) is 0 Å². The van der Waals surface area contributed by atoms with Crippen LogP contribution in [0.2, 0.25) is 0 Å². The predicted octanol–water partition coefficient (Wildman–Crippen LogP) is 3.01. The summed E-state index contributed by atoms with van der Waals surface area (Å²) in [6.07, 6.45) is 3.48. The van der Waals surface area contributed by atoms with Gasteiger partial charge in [-0.05, 0) is 44.9 Å². The largest absolute Gasteiger partial charge is 0.444 e. The molecule has 124 valence electrons. The van der Waals surface area contributed by atoms with Crippen LogP contribution >= 0.6 is 0 Å². The van der Waals surface area contributed by atoms with Gasteiger partial charge in [-0.3, -0.25) is 9.88 Å². The van der Waals surface area contributed by atoms with E-state index < -0.39 is 5.60 Å². The number of pyridine rings is 1.